The van der Waals surface area contributed by atoms with Crippen LogP contribution in [0.25, 0.3) is 0 Å². The van der Waals surface area contributed by atoms with Crippen LogP contribution in [0.5, 0.6) is 0 Å². The summed E-state index contributed by atoms with van der Waals surface area (Å²) in [6.45, 7) is 6.65. The monoisotopic (exact) mass is 423 g/mol. The van der Waals surface area contributed by atoms with Gasteiger partial charge in [-0.1, -0.05) is 47.2 Å². The maximum absolute atomic E-state index is 12.5. The predicted octanol–water partition coefficient (Wildman–Crippen LogP) is 3.79. The molecule has 156 valence electrons. The van der Waals surface area contributed by atoms with E-state index in [4.69, 9.17) is 0 Å². The molecule has 0 saturated heterocycles. The number of hydrogen-bond acceptors (Lipinski definition) is 6. The van der Waals surface area contributed by atoms with Gasteiger partial charge in [0.05, 0.1) is 13.1 Å². The summed E-state index contributed by atoms with van der Waals surface area (Å²) in [4.78, 5) is 26.6. The number of rotatable bonds is 7. The molecule has 0 aliphatic rings. The zero-order chi connectivity index (χ0) is 21.7. The predicted molar refractivity (Wildman–Crippen MR) is 120 cm³/mol. The Hall–Kier alpha value is -3.10. The first-order chi connectivity index (χ1) is 14.3. The second-order valence-corrected chi connectivity index (χ2v) is 8.38. The number of aryl methyl sites for hydroxylation is 3. The molecule has 0 bridgehead atoms. The Bertz CT molecular complexity index is 1030. The van der Waals surface area contributed by atoms with Crippen molar-refractivity contribution in [2.24, 2.45) is 0 Å². The lowest BCUT2D eigenvalue weighted by molar-refractivity contribution is -0.117. The van der Waals surface area contributed by atoms with E-state index in [9.17, 15) is 9.59 Å². The smallest absolute Gasteiger partial charge is 0.286 e. The van der Waals surface area contributed by atoms with Crippen molar-refractivity contribution in [1.82, 2.24) is 15.1 Å². The first-order valence-electron chi connectivity index (χ1n) is 9.57. The van der Waals surface area contributed by atoms with Crippen molar-refractivity contribution in [3.8, 4) is 0 Å². The number of carbonyl (C=O) groups excluding carboxylic acids is 2. The SMILES string of the molecule is Cc1cc(C)c(NC(=O)CN(C)Cc2nnc(C(=O)Nc3ccccc3)s2)c(C)c1. The average Bonchev–Trinajstić information content (AvgIpc) is 3.14. The van der Waals surface area contributed by atoms with E-state index in [1.165, 1.54) is 16.9 Å². The Labute approximate surface area is 180 Å². The standard InChI is InChI=1S/C22H25N5O2S/c1-14-10-15(2)20(16(3)11-14)24-18(28)12-27(4)13-19-25-26-22(30-19)21(29)23-17-8-6-5-7-9-17/h5-11H,12-13H2,1-4H3,(H,23,29)(H,24,28). The van der Waals surface area contributed by atoms with E-state index in [0.717, 1.165) is 16.8 Å². The molecule has 30 heavy (non-hydrogen) atoms. The van der Waals surface area contributed by atoms with Crippen molar-refractivity contribution in [3.05, 3.63) is 69.2 Å². The molecule has 7 nitrogen and oxygen atoms in total. The number of benzene rings is 2. The highest BCUT2D eigenvalue weighted by atomic mass is 32.1. The molecule has 2 amide bonds. The normalized spacial score (nSPS) is 10.8. The quantitative estimate of drug-likeness (QED) is 0.604. The van der Waals surface area contributed by atoms with Crippen LogP contribution >= 0.6 is 11.3 Å². The van der Waals surface area contributed by atoms with Gasteiger partial charge in [0.25, 0.3) is 5.91 Å². The van der Waals surface area contributed by atoms with Crippen LogP contribution in [0.2, 0.25) is 0 Å². The fourth-order valence-corrected chi connectivity index (χ4v) is 4.02. The summed E-state index contributed by atoms with van der Waals surface area (Å²) in [6.07, 6.45) is 0. The van der Waals surface area contributed by atoms with Crippen LogP contribution in [0, 0.1) is 20.8 Å². The van der Waals surface area contributed by atoms with E-state index in [1.54, 1.807) is 0 Å². The number of hydrogen-bond donors (Lipinski definition) is 2. The van der Waals surface area contributed by atoms with Crippen LogP contribution in [0.3, 0.4) is 0 Å². The lowest BCUT2D eigenvalue weighted by atomic mass is 10.1. The summed E-state index contributed by atoms with van der Waals surface area (Å²) in [5.41, 5.74) is 4.82. The minimum atomic E-state index is -0.296. The van der Waals surface area contributed by atoms with Crippen LogP contribution < -0.4 is 10.6 Å². The second kappa shape index (κ2) is 9.60. The Morgan fingerprint density at radius 1 is 1.00 bits per heavy atom. The molecule has 0 spiro atoms. The number of amides is 2. The van der Waals surface area contributed by atoms with Gasteiger partial charge in [0, 0.05) is 11.4 Å². The Morgan fingerprint density at radius 3 is 2.33 bits per heavy atom. The molecule has 0 atom stereocenters. The van der Waals surface area contributed by atoms with E-state index < -0.39 is 0 Å². The number of anilines is 2. The van der Waals surface area contributed by atoms with Gasteiger partial charge < -0.3 is 10.6 Å². The molecule has 0 aliphatic carbocycles. The summed E-state index contributed by atoms with van der Waals surface area (Å²) >= 11 is 1.22. The summed E-state index contributed by atoms with van der Waals surface area (Å²) in [5.74, 6) is -0.394. The lowest BCUT2D eigenvalue weighted by Gasteiger charge is -2.17. The minimum absolute atomic E-state index is 0.0980. The van der Waals surface area contributed by atoms with E-state index in [2.05, 4.69) is 33.0 Å². The number of likely N-dealkylation sites (N-methyl/N-ethyl adjacent to an activating group) is 1. The van der Waals surface area contributed by atoms with Gasteiger partial charge in [-0.3, -0.25) is 14.5 Å². The highest BCUT2D eigenvalue weighted by molar-refractivity contribution is 7.13. The van der Waals surface area contributed by atoms with Crippen molar-refractivity contribution in [3.63, 3.8) is 0 Å². The van der Waals surface area contributed by atoms with Gasteiger partial charge in [-0.2, -0.15) is 0 Å². The molecular formula is C22H25N5O2S. The first-order valence-corrected chi connectivity index (χ1v) is 10.4. The Balaban J connectivity index is 1.54. The second-order valence-electron chi connectivity index (χ2n) is 7.32. The van der Waals surface area contributed by atoms with E-state index in [1.807, 2.05) is 63.1 Å². The van der Waals surface area contributed by atoms with E-state index >= 15 is 0 Å². The van der Waals surface area contributed by atoms with Gasteiger partial charge in [-0.15, -0.1) is 10.2 Å². The van der Waals surface area contributed by atoms with Crippen molar-refractivity contribution in [2.75, 3.05) is 24.2 Å². The topological polar surface area (TPSA) is 87.2 Å². The molecule has 0 unspecified atom stereocenters. The highest BCUT2D eigenvalue weighted by Gasteiger charge is 2.16. The zero-order valence-corrected chi connectivity index (χ0v) is 18.3. The van der Waals surface area contributed by atoms with Gasteiger partial charge in [-0.05, 0) is 51.1 Å². The zero-order valence-electron chi connectivity index (χ0n) is 17.5. The number of nitrogens with zero attached hydrogens (tertiary/aromatic N) is 3. The molecule has 8 heteroatoms. The summed E-state index contributed by atoms with van der Waals surface area (Å²) in [7, 11) is 1.83. The fraction of sp³-hybridized carbons (Fsp3) is 0.273. The number of nitrogens with one attached hydrogen (secondary N) is 2. The fourth-order valence-electron chi connectivity index (χ4n) is 3.20. The van der Waals surface area contributed by atoms with Crippen molar-refractivity contribution in [2.45, 2.75) is 27.3 Å². The van der Waals surface area contributed by atoms with Gasteiger partial charge in [0.1, 0.15) is 5.01 Å². The molecule has 0 aliphatic heterocycles. The van der Waals surface area contributed by atoms with Crippen LogP contribution in [0.1, 0.15) is 31.5 Å². The summed E-state index contributed by atoms with van der Waals surface area (Å²) in [5, 5.41) is 14.8. The minimum Gasteiger partial charge on any atom is -0.324 e. The third-order valence-corrected chi connectivity index (χ3v) is 5.36. The van der Waals surface area contributed by atoms with Crippen LogP contribution in [-0.2, 0) is 11.3 Å². The first kappa shape index (κ1) is 21.6. The number of para-hydroxylation sites is 1. The largest absolute Gasteiger partial charge is 0.324 e. The molecule has 3 aromatic rings. The van der Waals surface area contributed by atoms with Crippen molar-refractivity contribution < 1.29 is 9.59 Å². The molecule has 3 rings (SSSR count). The van der Waals surface area contributed by atoms with Gasteiger partial charge in [0.15, 0.2) is 0 Å². The lowest BCUT2D eigenvalue weighted by Crippen LogP contribution is -2.30. The van der Waals surface area contributed by atoms with Gasteiger partial charge >= 0.3 is 0 Å². The van der Waals surface area contributed by atoms with Gasteiger partial charge in [0.2, 0.25) is 10.9 Å². The molecule has 1 heterocycles. The van der Waals surface area contributed by atoms with E-state index in [0.29, 0.717) is 17.2 Å². The molecular weight excluding hydrogens is 398 g/mol. The van der Waals surface area contributed by atoms with Crippen LogP contribution in [-0.4, -0.2) is 40.5 Å². The molecule has 0 radical (unpaired) electrons. The van der Waals surface area contributed by atoms with Crippen LogP contribution in [0.4, 0.5) is 11.4 Å². The van der Waals surface area contributed by atoms with Crippen molar-refractivity contribution in [1.29, 1.82) is 0 Å². The Morgan fingerprint density at radius 2 is 1.67 bits per heavy atom. The average molecular weight is 424 g/mol. The third-order valence-electron chi connectivity index (χ3n) is 4.45. The van der Waals surface area contributed by atoms with Gasteiger partial charge in [-0.25, -0.2) is 0 Å². The number of aromatic nitrogens is 2. The molecule has 1 aromatic heterocycles. The summed E-state index contributed by atoms with van der Waals surface area (Å²) in [6, 6.07) is 13.3. The number of carbonyl (C=O) groups is 2. The van der Waals surface area contributed by atoms with E-state index in [-0.39, 0.29) is 23.4 Å². The Kier molecular flexibility index (Phi) is 6.91. The summed E-state index contributed by atoms with van der Waals surface area (Å²) < 4.78 is 0. The maximum atomic E-state index is 12.5. The van der Waals surface area contributed by atoms with Crippen LogP contribution in [0.15, 0.2) is 42.5 Å². The highest BCUT2D eigenvalue weighted by Crippen LogP contribution is 2.22. The third kappa shape index (κ3) is 5.71. The molecule has 2 aromatic carbocycles. The van der Waals surface area contributed by atoms with Crippen molar-refractivity contribution >= 4 is 34.5 Å². The molecule has 0 saturated carbocycles. The molecule has 2 N–H and O–H groups in total. The maximum Gasteiger partial charge on any atom is 0.286 e. The molecule has 0 fully saturated rings.